The summed E-state index contributed by atoms with van der Waals surface area (Å²) < 4.78 is 36.2. The quantitative estimate of drug-likeness (QED) is 0.385. The molecule has 136 valence electrons. The SMILES string of the molecule is CN=C(NCCC(=O)N1CCCCC1C)NCCC(F)(F)F.I. The van der Waals surface area contributed by atoms with Gasteiger partial charge in [0.15, 0.2) is 5.96 Å². The molecule has 1 aliphatic rings. The third-order valence-electron chi connectivity index (χ3n) is 3.68. The first kappa shape index (κ1) is 22.3. The number of alkyl halides is 3. The summed E-state index contributed by atoms with van der Waals surface area (Å²) in [5.74, 6) is 0.356. The van der Waals surface area contributed by atoms with Gasteiger partial charge in [0.05, 0.1) is 6.42 Å². The van der Waals surface area contributed by atoms with E-state index >= 15 is 0 Å². The first-order valence-electron chi connectivity index (χ1n) is 7.64. The molecule has 0 aromatic heterocycles. The Morgan fingerprint density at radius 1 is 1.26 bits per heavy atom. The van der Waals surface area contributed by atoms with Crippen LogP contribution in [0.25, 0.3) is 0 Å². The molecule has 1 saturated heterocycles. The van der Waals surface area contributed by atoms with Gasteiger partial charge in [-0.25, -0.2) is 0 Å². The van der Waals surface area contributed by atoms with Gasteiger partial charge < -0.3 is 15.5 Å². The Morgan fingerprint density at radius 2 is 1.91 bits per heavy atom. The van der Waals surface area contributed by atoms with Crippen molar-refractivity contribution in [3.63, 3.8) is 0 Å². The second-order valence-electron chi connectivity index (χ2n) is 5.47. The van der Waals surface area contributed by atoms with Crippen LogP contribution >= 0.6 is 24.0 Å². The van der Waals surface area contributed by atoms with Crippen molar-refractivity contribution >= 4 is 35.8 Å². The lowest BCUT2D eigenvalue weighted by molar-refractivity contribution is -0.134. The topological polar surface area (TPSA) is 56.7 Å². The van der Waals surface area contributed by atoms with Crippen molar-refractivity contribution in [3.8, 4) is 0 Å². The highest BCUT2D eigenvalue weighted by molar-refractivity contribution is 14.0. The average Bonchev–Trinajstić information content (AvgIpc) is 2.44. The van der Waals surface area contributed by atoms with Crippen LogP contribution < -0.4 is 10.6 Å². The van der Waals surface area contributed by atoms with Crippen LogP contribution in [0.2, 0.25) is 0 Å². The summed E-state index contributed by atoms with van der Waals surface area (Å²) in [7, 11) is 1.48. The lowest BCUT2D eigenvalue weighted by Gasteiger charge is -2.33. The molecule has 1 aliphatic heterocycles. The molecule has 0 spiro atoms. The molecule has 23 heavy (non-hydrogen) atoms. The van der Waals surface area contributed by atoms with Crippen LogP contribution in [0.15, 0.2) is 4.99 Å². The van der Waals surface area contributed by atoms with Gasteiger partial charge in [-0.15, -0.1) is 24.0 Å². The summed E-state index contributed by atoms with van der Waals surface area (Å²) >= 11 is 0. The summed E-state index contributed by atoms with van der Waals surface area (Å²) in [6.45, 7) is 2.95. The highest BCUT2D eigenvalue weighted by atomic mass is 127. The summed E-state index contributed by atoms with van der Waals surface area (Å²) in [4.78, 5) is 17.8. The van der Waals surface area contributed by atoms with Crippen molar-refractivity contribution < 1.29 is 18.0 Å². The predicted octanol–water partition coefficient (Wildman–Crippen LogP) is 2.51. The van der Waals surface area contributed by atoms with Gasteiger partial charge >= 0.3 is 6.18 Å². The number of nitrogens with zero attached hydrogens (tertiary/aromatic N) is 2. The molecule has 1 fully saturated rings. The Bertz CT molecular complexity index is 391. The molecular formula is C14H26F3IN4O. The second-order valence-corrected chi connectivity index (χ2v) is 5.47. The van der Waals surface area contributed by atoms with Crippen molar-refractivity contribution in [2.75, 3.05) is 26.7 Å². The van der Waals surface area contributed by atoms with Crippen LogP contribution in [0.3, 0.4) is 0 Å². The Balaban J connectivity index is 0.00000484. The first-order chi connectivity index (χ1) is 10.3. The van der Waals surface area contributed by atoms with E-state index in [-0.39, 0.29) is 48.4 Å². The van der Waals surface area contributed by atoms with Crippen molar-refractivity contribution in [2.24, 2.45) is 4.99 Å². The van der Waals surface area contributed by atoms with Gasteiger partial charge in [0.1, 0.15) is 0 Å². The fourth-order valence-electron chi connectivity index (χ4n) is 2.44. The number of hydrogen-bond donors (Lipinski definition) is 2. The number of hydrogen-bond acceptors (Lipinski definition) is 2. The maximum atomic E-state index is 12.1. The van der Waals surface area contributed by atoms with Gasteiger partial charge in [-0.1, -0.05) is 0 Å². The summed E-state index contributed by atoms with van der Waals surface area (Å²) in [5, 5.41) is 5.45. The Labute approximate surface area is 152 Å². The molecule has 0 aromatic carbocycles. The van der Waals surface area contributed by atoms with Gasteiger partial charge in [0, 0.05) is 39.1 Å². The van der Waals surface area contributed by atoms with E-state index in [2.05, 4.69) is 15.6 Å². The highest BCUT2D eigenvalue weighted by Crippen LogP contribution is 2.18. The van der Waals surface area contributed by atoms with E-state index in [4.69, 9.17) is 0 Å². The van der Waals surface area contributed by atoms with Gasteiger partial charge in [0.25, 0.3) is 0 Å². The molecule has 1 amide bonds. The number of piperidine rings is 1. The maximum Gasteiger partial charge on any atom is 0.390 e. The van der Waals surface area contributed by atoms with Crippen LogP contribution in [-0.2, 0) is 4.79 Å². The van der Waals surface area contributed by atoms with E-state index in [1.807, 2.05) is 11.8 Å². The first-order valence-corrected chi connectivity index (χ1v) is 7.64. The number of likely N-dealkylation sites (tertiary alicyclic amines) is 1. The molecule has 1 rings (SSSR count). The number of rotatable bonds is 5. The normalized spacial score (nSPS) is 19.1. The molecule has 0 saturated carbocycles. The lowest BCUT2D eigenvalue weighted by Crippen LogP contribution is -2.44. The van der Waals surface area contributed by atoms with E-state index in [1.165, 1.54) is 7.05 Å². The molecular weight excluding hydrogens is 424 g/mol. The van der Waals surface area contributed by atoms with Crippen LogP contribution in [-0.4, -0.2) is 55.7 Å². The zero-order valence-corrected chi connectivity index (χ0v) is 15.9. The lowest BCUT2D eigenvalue weighted by atomic mass is 10.0. The number of guanidine groups is 1. The maximum absolute atomic E-state index is 12.1. The molecule has 5 nitrogen and oxygen atoms in total. The number of amides is 1. The van der Waals surface area contributed by atoms with Gasteiger partial charge in [-0.05, 0) is 26.2 Å². The minimum Gasteiger partial charge on any atom is -0.356 e. The number of carbonyl (C=O) groups is 1. The molecule has 0 aliphatic carbocycles. The van der Waals surface area contributed by atoms with Crippen molar-refractivity contribution in [2.45, 2.75) is 51.2 Å². The van der Waals surface area contributed by atoms with Crippen LogP contribution in [0.4, 0.5) is 13.2 Å². The molecule has 0 aromatic rings. The largest absolute Gasteiger partial charge is 0.390 e. The monoisotopic (exact) mass is 450 g/mol. The third kappa shape index (κ3) is 9.21. The second kappa shape index (κ2) is 10.9. The van der Waals surface area contributed by atoms with Crippen molar-refractivity contribution in [1.82, 2.24) is 15.5 Å². The van der Waals surface area contributed by atoms with Crippen LogP contribution in [0.5, 0.6) is 0 Å². The number of aliphatic imine (C=N–C) groups is 1. The molecule has 1 heterocycles. The van der Waals surface area contributed by atoms with Crippen molar-refractivity contribution in [3.05, 3.63) is 0 Å². The molecule has 0 bridgehead atoms. The zero-order valence-electron chi connectivity index (χ0n) is 13.6. The van der Waals surface area contributed by atoms with Crippen LogP contribution in [0.1, 0.15) is 39.0 Å². The van der Waals surface area contributed by atoms with Crippen molar-refractivity contribution in [1.29, 1.82) is 0 Å². The third-order valence-corrected chi connectivity index (χ3v) is 3.68. The zero-order chi connectivity index (χ0) is 16.6. The van der Waals surface area contributed by atoms with E-state index in [0.29, 0.717) is 13.0 Å². The van der Waals surface area contributed by atoms with E-state index in [0.717, 1.165) is 25.8 Å². The molecule has 1 unspecified atom stereocenters. The minimum absolute atomic E-state index is 0. The molecule has 9 heteroatoms. The van der Waals surface area contributed by atoms with Gasteiger partial charge in [0.2, 0.25) is 5.91 Å². The molecule has 1 atom stereocenters. The van der Waals surface area contributed by atoms with E-state index in [9.17, 15) is 18.0 Å². The Morgan fingerprint density at radius 3 is 2.48 bits per heavy atom. The van der Waals surface area contributed by atoms with E-state index < -0.39 is 12.6 Å². The average molecular weight is 450 g/mol. The fraction of sp³-hybridized carbons (Fsp3) is 0.857. The molecule has 0 radical (unpaired) electrons. The number of carbonyl (C=O) groups excluding carboxylic acids is 1. The standard InChI is InChI=1S/C14H25F3N4O.HI/c1-11-5-3-4-10-21(11)12(22)6-8-19-13(18-2)20-9-7-14(15,16)17;/h11H,3-10H2,1-2H3,(H2,18,19,20);1H. The summed E-state index contributed by atoms with van der Waals surface area (Å²) in [6, 6.07) is 0.269. The van der Waals surface area contributed by atoms with E-state index in [1.54, 1.807) is 0 Å². The Kier molecular flexibility index (Phi) is 10.6. The molecule has 2 N–H and O–H groups in total. The fourth-order valence-corrected chi connectivity index (χ4v) is 2.44. The van der Waals surface area contributed by atoms with Gasteiger partial charge in [-0.3, -0.25) is 9.79 Å². The summed E-state index contributed by atoms with van der Waals surface area (Å²) in [6.07, 6.45) is -1.59. The highest BCUT2D eigenvalue weighted by Gasteiger charge is 2.26. The van der Waals surface area contributed by atoms with Crippen LogP contribution in [0, 0.1) is 0 Å². The predicted molar refractivity (Wildman–Crippen MR) is 95.1 cm³/mol. The van der Waals surface area contributed by atoms with Gasteiger partial charge in [-0.2, -0.15) is 13.2 Å². The Hall–Kier alpha value is -0.740. The number of nitrogens with one attached hydrogen (secondary N) is 2. The summed E-state index contributed by atoms with van der Waals surface area (Å²) in [5.41, 5.74) is 0. The number of halogens is 4. The minimum atomic E-state index is -4.19. The smallest absolute Gasteiger partial charge is 0.356 e.